The number of anilines is 1. The molecule has 0 heterocycles. The highest BCUT2D eigenvalue weighted by Gasteiger charge is 2.30. The van der Waals surface area contributed by atoms with Crippen molar-refractivity contribution in [2.45, 2.75) is 38.8 Å². The third-order valence-electron chi connectivity index (χ3n) is 4.37. The summed E-state index contributed by atoms with van der Waals surface area (Å²) in [5.74, 6) is 0. The van der Waals surface area contributed by atoms with Gasteiger partial charge in [-0.05, 0) is 38.1 Å². The molecule has 1 saturated carbocycles. The SMILES string of the molecule is CC(C)N(CCNC(=O)Nc1cccc2ccccc12)C1CC1. The van der Waals surface area contributed by atoms with Gasteiger partial charge < -0.3 is 10.6 Å². The molecule has 0 atom stereocenters. The highest BCUT2D eigenvalue weighted by atomic mass is 16.2. The van der Waals surface area contributed by atoms with Gasteiger partial charge in [0.2, 0.25) is 0 Å². The van der Waals surface area contributed by atoms with Crippen LogP contribution in [-0.2, 0) is 0 Å². The molecule has 2 aromatic carbocycles. The van der Waals surface area contributed by atoms with E-state index in [1.54, 1.807) is 0 Å². The van der Waals surface area contributed by atoms with Gasteiger partial charge in [-0.25, -0.2) is 4.79 Å². The maximum atomic E-state index is 12.2. The van der Waals surface area contributed by atoms with Crippen LogP contribution >= 0.6 is 0 Å². The molecule has 2 aromatic rings. The summed E-state index contributed by atoms with van der Waals surface area (Å²) < 4.78 is 0. The summed E-state index contributed by atoms with van der Waals surface area (Å²) in [4.78, 5) is 14.6. The van der Waals surface area contributed by atoms with Gasteiger partial charge in [-0.15, -0.1) is 0 Å². The normalized spacial score (nSPS) is 14.4. The first-order chi connectivity index (χ1) is 11.1. The molecule has 4 nitrogen and oxygen atoms in total. The Balaban J connectivity index is 1.54. The van der Waals surface area contributed by atoms with Gasteiger partial charge in [0.15, 0.2) is 0 Å². The van der Waals surface area contributed by atoms with Crippen molar-refractivity contribution in [3.8, 4) is 0 Å². The monoisotopic (exact) mass is 311 g/mol. The van der Waals surface area contributed by atoms with Crippen molar-refractivity contribution in [1.82, 2.24) is 10.2 Å². The second kappa shape index (κ2) is 7.01. The molecule has 1 aliphatic rings. The lowest BCUT2D eigenvalue weighted by Crippen LogP contribution is -2.41. The van der Waals surface area contributed by atoms with Crippen molar-refractivity contribution in [2.24, 2.45) is 0 Å². The van der Waals surface area contributed by atoms with Gasteiger partial charge in [-0.1, -0.05) is 36.4 Å². The molecule has 2 N–H and O–H groups in total. The van der Waals surface area contributed by atoms with Crippen molar-refractivity contribution >= 4 is 22.5 Å². The first-order valence-corrected chi connectivity index (χ1v) is 8.43. The smallest absolute Gasteiger partial charge is 0.319 e. The second-order valence-corrected chi connectivity index (χ2v) is 6.47. The van der Waals surface area contributed by atoms with Crippen LogP contribution in [0.3, 0.4) is 0 Å². The lowest BCUT2D eigenvalue weighted by atomic mass is 10.1. The zero-order valence-corrected chi connectivity index (χ0v) is 13.9. The Hall–Kier alpha value is -2.07. The van der Waals surface area contributed by atoms with Crippen molar-refractivity contribution < 1.29 is 4.79 Å². The number of hydrogen-bond donors (Lipinski definition) is 2. The number of urea groups is 1. The summed E-state index contributed by atoms with van der Waals surface area (Å²) >= 11 is 0. The molecule has 0 unspecified atom stereocenters. The van der Waals surface area contributed by atoms with E-state index in [0.29, 0.717) is 12.6 Å². The lowest BCUT2D eigenvalue weighted by Gasteiger charge is -2.26. The quantitative estimate of drug-likeness (QED) is 0.851. The summed E-state index contributed by atoms with van der Waals surface area (Å²) in [7, 11) is 0. The standard InChI is InChI=1S/C19H25N3O/c1-14(2)22(16-10-11-16)13-12-20-19(23)21-18-9-5-7-15-6-3-4-8-17(15)18/h3-9,14,16H,10-13H2,1-2H3,(H2,20,21,23). The first-order valence-electron chi connectivity index (χ1n) is 8.43. The Morgan fingerprint density at radius 2 is 1.91 bits per heavy atom. The van der Waals surface area contributed by atoms with E-state index in [1.165, 1.54) is 12.8 Å². The number of nitrogens with one attached hydrogen (secondary N) is 2. The van der Waals surface area contributed by atoms with Crippen LogP contribution in [0.5, 0.6) is 0 Å². The van der Waals surface area contributed by atoms with Crippen LogP contribution in [0, 0.1) is 0 Å². The molecule has 0 spiro atoms. The van der Waals surface area contributed by atoms with E-state index < -0.39 is 0 Å². The minimum atomic E-state index is -0.138. The molecule has 1 aliphatic carbocycles. The zero-order chi connectivity index (χ0) is 16.2. The topological polar surface area (TPSA) is 44.4 Å². The van der Waals surface area contributed by atoms with Crippen LogP contribution in [0.1, 0.15) is 26.7 Å². The van der Waals surface area contributed by atoms with Crippen molar-refractivity contribution in [1.29, 1.82) is 0 Å². The number of carbonyl (C=O) groups excluding carboxylic acids is 1. The van der Waals surface area contributed by atoms with E-state index in [4.69, 9.17) is 0 Å². The summed E-state index contributed by atoms with van der Waals surface area (Å²) in [6.07, 6.45) is 2.58. The van der Waals surface area contributed by atoms with Crippen LogP contribution in [0.4, 0.5) is 10.5 Å². The lowest BCUT2D eigenvalue weighted by molar-refractivity contribution is 0.210. The van der Waals surface area contributed by atoms with Gasteiger partial charge in [-0.3, -0.25) is 4.90 Å². The Bertz CT molecular complexity index is 672. The van der Waals surface area contributed by atoms with Gasteiger partial charge in [0.05, 0.1) is 5.69 Å². The fraction of sp³-hybridized carbons (Fsp3) is 0.421. The molecule has 0 bridgehead atoms. The molecule has 122 valence electrons. The average Bonchev–Trinajstić information content (AvgIpc) is 3.36. The second-order valence-electron chi connectivity index (χ2n) is 6.47. The third kappa shape index (κ3) is 4.02. The maximum absolute atomic E-state index is 12.2. The number of carbonyl (C=O) groups is 1. The third-order valence-corrected chi connectivity index (χ3v) is 4.37. The Labute approximate surface area is 137 Å². The van der Waals surface area contributed by atoms with Gasteiger partial charge in [-0.2, -0.15) is 0 Å². The van der Waals surface area contributed by atoms with Gasteiger partial charge in [0.1, 0.15) is 0 Å². The van der Waals surface area contributed by atoms with Crippen LogP contribution in [-0.4, -0.2) is 36.1 Å². The number of amides is 2. The molecule has 0 aromatic heterocycles. The Morgan fingerprint density at radius 1 is 1.17 bits per heavy atom. The van der Waals surface area contributed by atoms with Crippen LogP contribution in [0.25, 0.3) is 10.8 Å². The van der Waals surface area contributed by atoms with E-state index in [-0.39, 0.29) is 6.03 Å². The number of benzene rings is 2. The minimum Gasteiger partial charge on any atom is -0.337 e. The minimum absolute atomic E-state index is 0.138. The van der Waals surface area contributed by atoms with Crippen LogP contribution < -0.4 is 10.6 Å². The van der Waals surface area contributed by atoms with Gasteiger partial charge >= 0.3 is 6.03 Å². The molecule has 2 amide bonds. The zero-order valence-electron chi connectivity index (χ0n) is 13.9. The molecule has 4 heteroatoms. The molecule has 0 radical (unpaired) electrons. The predicted molar refractivity (Wildman–Crippen MR) is 95.8 cm³/mol. The summed E-state index contributed by atoms with van der Waals surface area (Å²) in [6, 6.07) is 15.1. The average molecular weight is 311 g/mol. The highest BCUT2D eigenvalue weighted by molar-refractivity contribution is 6.01. The van der Waals surface area contributed by atoms with Crippen LogP contribution in [0.15, 0.2) is 42.5 Å². The molecule has 0 aliphatic heterocycles. The maximum Gasteiger partial charge on any atom is 0.319 e. The fourth-order valence-corrected chi connectivity index (χ4v) is 3.07. The van der Waals surface area contributed by atoms with Gasteiger partial charge in [0.25, 0.3) is 0 Å². The summed E-state index contributed by atoms with van der Waals surface area (Å²) in [6.45, 7) is 6.01. The van der Waals surface area contributed by atoms with E-state index in [2.05, 4.69) is 41.5 Å². The molecule has 1 fully saturated rings. The van der Waals surface area contributed by atoms with E-state index in [9.17, 15) is 4.79 Å². The van der Waals surface area contributed by atoms with E-state index in [0.717, 1.165) is 29.0 Å². The molecular weight excluding hydrogens is 286 g/mol. The number of hydrogen-bond acceptors (Lipinski definition) is 2. The van der Waals surface area contributed by atoms with Crippen LogP contribution in [0.2, 0.25) is 0 Å². The van der Waals surface area contributed by atoms with E-state index in [1.807, 2.05) is 30.3 Å². The number of rotatable bonds is 6. The predicted octanol–water partition coefficient (Wildman–Crippen LogP) is 3.83. The van der Waals surface area contributed by atoms with Crippen molar-refractivity contribution in [2.75, 3.05) is 18.4 Å². The molecule has 23 heavy (non-hydrogen) atoms. The molecular formula is C19H25N3O. The Morgan fingerprint density at radius 3 is 2.65 bits per heavy atom. The highest BCUT2D eigenvalue weighted by Crippen LogP contribution is 2.28. The fourth-order valence-electron chi connectivity index (χ4n) is 3.07. The summed E-state index contributed by atoms with van der Waals surface area (Å²) in [5.41, 5.74) is 0.850. The summed E-state index contributed by atoms with van der Waals surface area (Å²) in [5, 5.41) is 8.13. The van der Waals surface area contributed by atoms with Crippen molar-refractivity contribution in [3.05, 3.63) is 42.5 Å². The number of fused-ring (bicyclic) bond motifs is 1. The largest absolute Gasteiger partial charge is 0.337 e. The number of nitrogens with zero attached hydrogens (tertiary/aromatic N) is 1. The van der Waals surface area contributed by atoms with Gasteiger partial charge in [0, 0.05) is 30.6 Å². The first kappa shape index (κ1) is 15.8. The molecule has 0 saturated heterocycles. The Kier molecular flexibility index (Phi) is 4.82. The molecule has 3 rings (SSSR count). The van der Waals surface area contributed by atoms with E-state index >= 15 is 0 Å². The van der Waals surface area contributed by atoms with Crippen molar-refractivity contribution in [3.63, 3.8) is 0 Å².